The van der Waals surface area contributed by atoms with Crippen LogP contribution in [0.25, 0.3) is 18.2 Å². The summed E-state index contributed by atoms with van der Waals surface area (Å²) in [5.74, 6) is -2.48. The van der Waals surface area contributed by atoms with Crippen molar-refractivity contribution in [3.05, 3.63) is 99.9 Å². The summed E-state index contributed by atoms with van der Waals surface area (Å²) < 4.78 is 13.8. The second kappa shape index (κ2) is 44.7. The zero-order valence-electron chi connectivity index (χ0n) is 77.1. The Morgan fingerprint density at radius 2 is 0.733 bits per heavy atom. The molecular formula is C93H154N6O12S3Si2. The summed E-state index contributed by atoms with van der Waals surface area (Å²) in [6.45, 7) is 62.6. The lowest BCUT2D eigenvalue weighted by atomic mass is 9.73. The molecule has 6 rings (SSSR count). The molecule has 3 amide bonds. The summed E-state index contributed by atoms with van der Waals surface area (Å²) in [4.78, 5) is 94.8. The van der Waals surface area contributed by atoms with Gasteiger partial charge in [-0.25, -0.2) is 15.0 Å². The number of carbonyl (C=O) groups excluding carboxylic acids is 6. The third kappa shape index (κ3) is 30.8. The minimum absolute atomic E-state index is 0.00647. The minimum Gasteiger partial charge on any atom is -0.413 e. The number of Topliss-reactive ketones (excluding diaryl/α,β-unsaturated/α-hetero) is 3. The fraction of sp³-hybridized carbons (Fsp3) is 0.710. The molecule has 0 fully saturated rings. The van der Waals surface area contributed by atoms with Gasteiger partial charge in [0.1, 0.15) is 17.3 Å². The lowest BCUT2D eigenvalue weighted by molar-refractivity contribution is -0.144. The molecule has 3 aromatic rings. The molecule has 6 heterocycles. The monoisotopic (exact) mass is 1700 g/mol. The average Bonchev–Trinajstić information content (AvgIpc) is 1.07. The molecule has 3 aromatic heterocycles. The summed E-state index contributed by atoms with van der Waals surface area (Å²) in [6.07, 6.45) is 18.0. The Balaban J connectivity index is 0.000000368. The number of aryl methyl sites for hydroxylation is 3. The highest BCUT2D eigenvalue weighted by Crippen LogP contribution is 2.45. The van der Waals surface area contributed by atoms with Crippen molar-refractivity contribution in [2.45, 2.75) is 374 Å². The normalized spacial score (nSPS) is 30.3. The summed E-state index contributed by atoms with van der Waals surface area (Å²) in [5, 5.41) is 62.5. The molecule has 7 N–H and O–H groups in total. The van der Waals surface area contributed by atoms with E-state index >= 15 is 0 Å². The van der Waals surface area contributed by atoms with Crippen LogP contribution in [-0.2, 0) is 37.6 Å². The number of nitrogens with zero attached hydrogens (tertiary/aromatic N) is 3. The predicted octanol–water partition coefficient (Wildman–Crippen LogP) is 20.6. The van der Waals surface area contributed by atoms with Crippen LogP contribution in [0.5, 0.6) is 0 Å². The highest BCUT2D eigenvalue weighted by atomic mass is 32.1. The van der Waals surface area contributed by atoms with E-state index < -0.39 is 81.2 Å². The largest absolute Gasteiger partial charge is 0.413 e. The van der Waals surface area contributed by atoms with E-state index in [0.717, 1.165) is 107 Å². The van der Waals surface area contributed by atoms with E-state index in [1.165, 1.54) is 16.7 Å². The first-order chi connectivity index (χ1) is 53.3. The first-order valence-electron chi connectivity index (χ1n) is 42.7. The standard InChI is InChI=1S/2C33H56N2O4SSi.C27H42N2O4S/c1-21-14-13-15-22(2)30(37)24(4)31(38)33(9,10)28(39-41(11,12)32(6,7)8)19-29(36)35-27(17-16-21)23(3)18-26-20-40-25(5)34-26;1-21-14-13-15-22(2)30(39-41(11,12)32(6,7)8)24(4)31(38)33(9,10)28(36)19-29(37)35-27(17-16-21)23(3)18-26-20-40-25(5)34-26;1-16-9-8-10-17(2)25(32)19(4)26(33)27(6,7)23(30)14-24(31)29-22(12-11-16)18(3)13-21-15-34-20(5)28-21/h16,18,20,22,24,27-28,30,37H,13-15,17,19H2,1-12H3,(H,35,36);16,18,20,22,24,27-28,30,36H,13-15,17,19H2,1-12H3,(H,35,37);11,13,15,17,19,22-23,25,30,32H,8-10,12,14H2,1-7H3,(H,29,31)/b2*21-16-,23-18+;16-11-,18-13+/t2*22-,24+,27-,28-,30-;17-,19+,22-,23-,25-/m000/s1. The van der Waals surface area contributed by atoms with Gasteiger partial charge in [-0.3, -0.25) is 28.8 Å². The molecule has 0 radical (unpaired) electrons. The van der Waals surface area contributed by atoms with Crippen molar-refractivity contribution in [1.82, 2.24) is 30.9 Å². The smallest absolute Gasteiger partial charge is 0.223 e. The lowest BCUT2D eigenvalue weighted by Gasteiger charge is -2.44. The number of nitrogens with one attached hydrogen (secondary N) is 3. The lowest BCUT2D eigenvalue weighted by Crippen LogP contribution is -2.53. The first-order valence-corrected chi connectivity index (χ1v) is 51.2. The predicted molar refractivity (Wildman–Crippen MR) is 487 cm³/mol. The van der Waals surface area contributed by atoms with Gasteiger partial charge in [0.25, 0.3) is 0 Å². The molecule has 15 atom stereocenters. The van der Waals surface area contributed by atoms with Crippen molar-refractivity contribution >= 4 is 104 Å². The number of aromatic nitrogens is 3. The number of thiazole rings is 3. The molecule has 0 saturated heterocycles. The molecule has 0 spiro atoms. The Kier molecular flexibility index (Phi) is 39.8. The van der Waals surface area contributed by atoms with Gasteiger partial charge in [-0.05, 0) is 228 Å². The maximum Gasteiger partial charge on any atom is 0.223 e. The Morgan fingerprint density at radius 1 is 0.448 bits per heavy atom. The number of aliphatic hydroxyl groups excluding tert-OH is 4. The maximum absolute atomic E-state index is 14.0. The second-order valence-corrected chi connectivity index (χ2v) is 52.0. The number of amides is 3. The van der Waals surface area contributed by atoms with Crippen LogP contribution < -0.4 is 16.0 Å². The fourth-order valence-corrected chi connectivity index (χ4v) is 19.6. The van der Waals surface area contributed by atoms with Gasteiger partial charge in [0.05, 0.1) is 117 Å². The van der Waals surface area contributed by atoms with Crippen molar-refractivity contribution in [2.75, 3.05) is 0 Å². The molecule has 3 aliphatic heterocycles. The highest BCUT2D eigenvalue weighted by Gasteiger charge is 2.50. The van der Waals surface area contributed by atoms with Gasteiger partial charge in [-0.2, -0.15) is 0 Å². The van der Waals surface area contributed by atoms with Crippen LogP contribution >= 0.6 is 34.0 Å². The molecule has 0 bridgehead atoms. The van der Waals surface area contributed by atoms with Crippen molar-refractivity contribution in [3.63, 3.8) is 0 Å². The van der Waals surface area contributed by atoms with Gasteiger partial charge >= 0.3 is 0 Å². The topological polar surface area (TPSA) is 277 Å². The van der Waals surface area contributed by atoms with Crippen LogP contribution in [0.4, 0.5) is 0 Å². The van der Waals surface area contributed by atoms with Gasteiger partial charge in [0.2, 0.25) is 17.7 Å². The number of hydrogen-bond donors (Lipinski definition) is 7. The summed E-state index contributed by atoms with van der Waals surface area (Å²) in [6, 6.07) is -0.652. The third-order valence-electron chi connectivity index (χ3n) is 26.0. The number of rotatable bonds is 10. The minimum atomic E-state index is -2.34. The van der Waals surface area contributed by atoms with Gasteiger partial charge < -0.3 is 45.2 Å². The zero-order valence-corrected chi connectivity index (χ0v) is 81.5. The quantitative estimate of drug-likeness (QED) is 0.0734. The SMILES string of the molecule is C/C1=C/C[C@@H](/C(C)=C/c2csc(C)n2)NC(=O)C[C@H](O)C(C)(C)C(=O)[C@H](C)[C@@H](O)[C@@H](C)CCC1.C/C1=C/C[C@@H](/C(C)=C/c2csc(C)n2)NC(=O)C[C@H](O)C(C)(C)C(=O)[C@H](C)[C@@H](O[Si](C)(C)C(C)(C)C)[C@@H](C)CCC1.C/C1=C/C[C@@H](/C(C)=C/c2csc(C)n2)NC(=O)C[C@H](O[Si](C)(C)C(C)(C)C)C(C)(C)C(=O)[C@H](C)[C@@H](O)[C@@H](C)CCC1. The first kappa shape index (κ1) is 103. The summed E-state index contributed by atoms with van der Waals surface area (Å²) >= 11 is 4.79. The zero-order chi connectivity index (χ0) is 88.3. The van der Waals surface area contributed by atoms with Crippen LogP contribution in [0, 0.1) is 72.5 Å². The molecule has 0 aromatic carbocycles. The average molecular weight is 1700 g/mol. The van der Waals surface area contributed by atoms with Gasteiger partial charge in [-0.15, -0.1) is 34.0 Å². The van der Waals surface area contributed by atoms with Crippen molar-refractivity contribution < 1.29 is 58.0 Å². The van der Waals surface area contributed by atoms with E-state index in [1.54, 1.807) is 68.6 Å². The van der Waals surface area contributed by atoms with Crippen LogP contribution in [0.2, 0.25) is 36.3 Å². The summed E-state index contributed by atoms with van der Waals surface area (Å²) in [5.41, 5.74) is 6.26. The Bertz CT molecular complexity index is 3930. The van der Waals surface area contributed by atoms with E-state index in [9.17, 15) is 49.2 Å². The van der Waals surface area contributed by atoms with Crippen LogP contribution in [0.3, 0.4) is 0 Å². The molecule has 116 heavy (non-hydrogen) atoms. The van der Waals surface area contributed by atoms with Crippen LogP contribution in [0.1, 0.15) is 295 Å². The number of allylic oxidation sites excluding steroid dienone is 3. The van der Waals surface area contributed by atoms with Gasteiger partial charge in [0.15, 0.2) is 16.6 Å². The molecule has 23 heteroatoms. The van der Waals surface area contributed by atoms with E-state index in [4.69, 9.17) is 8.85 Å². The van der Waals surface area contributed by atoms with E-state index in [0.29, 0.717) is 19.3 Å². The second-order valence-electron chi connectivity index (χ2n) is 39.3. The fourth-order valence-electron chi connectivity index (χ4n) is 15.0. The summed E-state index contributed by atoms with van der Waals surface area (Å²) in [7, 11) is -4.50. The molecule has 0 aliphatic carbocycles. The highest BCUT2D eigenvalue weighted by molar-refractivity contribution is 7.10. The molecule has 0 unspecified atom stereocenters. The Labute approximate surface area is 714 Å². The Hall–Kier alpha value is -5.06. The molecule has 0 saturated carbocycles. The Morgan fingerprint density at radius 3 is 1.03 bits per heavy atom. The van der Waals surface area contributed by atoms with Crippen molar-refractivity contribution in [3.8, 4) is 0 Å². The number of hydrogen-bond acceptors (Lipinski definition) is 18. The molecular weight excluding hydrogens is 1550 g/mol. The third-order valence-corrected chi connectivity index (χ3v) is 37.3. The van der Waals surface area contributed by atoms with E-state index in [-0.39, 0.29) is 106 Å². The van der Waals surface area contributed by atoms with Crippen LogP contribution in [-0.4, -0.2) is 142 Å². The number of carbonyl (C=O) groups is 6. The van der Waals surface area contributed by atoms with Crippen LogP contribution in [0.15, 0.2) is 67.8 Å². The van der Waals surface area contributed by atoms with Crippen molar-refractivity contribution in [2.24, 2.45) is 51.8 Å². The molecule has 18 nitrogen and oxygen atoms in total. The maximum atomic E-state index is 14.0. The van der Waals surface area contributed by atoms with Crippen molar-refractivity contribution in [1.29, 1.82) is 0 Å². The molecule has 654 valence electrons. The molecule has 3 aliphatic rings. The van der Waals surface area contributed by atoms with E-state index in [1.807, 2.05) is 111 Å². The van der Waals surface area contributed by atoms with Gasteiger partial charge in [0, 0.05) is 39.3 Å². The van der Waals surface area contributed by atoms with E-state index in [2.05, 4.69) is 151 Å². The van der Waals surface area contributed by atoms with Gasteiger partial charge in [-0.1, -0.05) is 160 Å². The number of aliphatic hydroxyl groups is 4. The number of ketones is 3.